The summed E-state index contributed by atoms with van der Waals surface area (Å²) in [6, 6.07) is 0. The minimum atomic E-state index is -1.08. The van der Waals surface area contributed by atoms with Crippen LogP contribution in [-0.2, 0) is 14.4 Å². The molecule has 0 aliphatic rings. The fourth-order valence-corrected chi connectivity index (χ4v) is 1.01. The molecule has 0 saturated carbocycles. The molecule has 0 aliphatic heterocycles. The molecule has 100 valence electrons. The maximum absolute atomic E-state index is 9.71. The average molecular weight is 268 g/mol. The summed E-state index contributed by atoms with van der Waals surface area (Å²) < 4.78 is 0. The van der Waals surface area contributed by atoms with Gasteiger partial charge in [-0.05, 0) is 0 Å². The Morgan fingerprint density at radius 1 is 0.944 bits per heavy atom. The van der Waals surface area contributed by atoms with Crippen molar-refractivity contribution in [3.05, 3.63) is 0 Å². The quantitative estimate of drug-likeness (QED) is 0.331. The van der Waals surface area contributed by atoms with E-state index in [9.17, 15) is 14.4 Å². The number of carbonyl (C=O) groups is 2. The molecule has 5 nitrogen and oxygen atoms in total. The van der Waals surface area contributed by atoms with E-state index in [1.807, 2.05) is 6.29 Å². The molecule has 0 aliphatic carbocycles. The Morgan fingerprint density at radius 3 is 1.72 bits per heavy atom. The van der Waals surface area contributed by atoms with E-state index in [0.717, 1.165) is 6.42 Å². The fraction of sp³-hybridized carbons (Fsp3) is 0.750. The SMILES string of the molecule is CCCCCCC[C-]=O.O=C(O)CCC(=O)O.[Na+]. The zero-order valence-corrected chi connectivity index (χ0v) is 13.3. The Hall–Kier alpha value is -0.390. The molecule has 0 unspecified atom stereocenters. The van der Waals surface area contributed by atoms with Crippen LogP contribution in [-0.4, -0.2) is 28.4 Å². The van der Waals surface area contributed by atoms with Gasteiger partial charge in [-0.2, -0.15) is 6.42 Å². The van der Waals surface area contributed by atoms with Gasteiger partial charge in [0.25, 0.3) is 0 Å². The van der Waals surface area contributed by atoms with E-state index >= 15 is 0 Å². The van der Waals surface area contributed by atoms with E-state index < -0.39 is 11.9 Å². The van der Waals surface area contributed by atoms with E-state index in [1.54, 1.807) is 0 Å². The average Bonchev–Trinajstić information content (AvgIpc) is 2.27. The second kappa shape index (κ2) is 19.0. The van der Waals surface area contributed by atoms with E-state index in [2.05, 4.69) is 6.92 Å². The van der Waals surface area contributed by atoms with Gasteiger partial charge in [-0.15, -0.1) is 0 Å². The first kappa shape index (κ1) is 22.8. The first-order valence-corrected chi connectivity index (χ1v) is 5.83. The molecule has 6 heteroatoms. The van der Waals surface area contributed by atoms with Crippen molar-refractivity contribution in [2.45, 2.75) is 58.3 Å². The molecule has 0 saturated heterocycles. The van der Waals surface area contributed by atoms with E-state index in [0.29, 0.717) is 6.42 Å². The van der Waals surface area contributed by atoms with Gasteiger partial charge in [-0.25, -0.2) is 0 Å². The van der Waals surface area contributed by atoms with Crippen molar-refractivity contribution in [1.82, 2.24) is 0 Å². The van der Waals surface area contributed by atoms with Crippen molar-refractivity contribution in [3.63, 3.8) is 0 Å². The Morgan fingerprint density at radius 2 is 1.39 bits per heavy atom. The number of unbranched alkanes of at least 4 members (excludes halogenated alkanes) is 5. The molecule has 0 aromatic carbocycles. The second-order valence-corrected chi connectivity index (χ2v) is 3.60. The van der Waals surface area contributed by atoms with E-state index in [1.165, 1.54) is 25.7 Å². The number of carboxylic acid groups (broad SMARTS) is 2. The maximum atomic E-state index is 9.71. The van der Waals surface area contributed by atoms with Crippen LogP contribution in [0.5, 0.6) is 0 Å². The van der Waals surface area contributed by atoms with Gasteiger partial charge in [-0.3, -0.25) is 15.9 Å². The second-order valence-electron chi connectivity index (χ2n) is 3.60. The zero-order chi connectivity index (χ0) is 13.5. The number of carboxylic acids is 2. The van der Waals surface area contributed by atoms with Gasteiger partial charge in [0, 0.05) is 0 Å². The van der Waals surface area contributed by atoms with Crippen LogP contribution in [0.2, 0.25) is 0 Å². The van der Waals surface area contributed by atoms with Gasteiger partial charge in [0.05, 0.1) is 12.8 Å². The van der Waals surface area contributed by atoms with Gasteiger partial charge >= 0.3 is 41.5 Å². The zero-order valence-electron chi connectivity index (χ0n) is 11.3. The summed E-state index contributed by atoms with van der Waals surface area (Å²) in [5.41, 5.74) is 0. The van der Waals surface area contributed by atoms with Crippen molar-refractivity contribution >= 4 is 18.2 Å². The Kier molecular flexibility index (Phi) is 24.0. The van der Waals surface area contributed by atoms with Gasteiger partial charge in [0.1, 0.15) is 0 Å². The van der Waals surface area contributed by atoms with Crippen LogP contribution in [0.1, 0.15) is 58.3 Å². The summed E-state index contributed by atoms with van der Waals surface area (Å²) in [4.78, 5) is 29.0. The molecule has 0 aromatic rings. The van der Waals surface area contributed by atoms with Crippen molar-refractivity contribution < 1.29 is 54.2 Å². The molecule has 0 atom stereocenters. The van der Waals surface area contributed by atoms with Gasteiger partial charge in [0.2, 0.25) is 0 Å². The van der Waals surface area contributed by atoms with Crippen molar-refractivity contribution in [3.8, 4) is 0 Å². The van der Waals surface area contributed by atoms with Crippen LogP contribution in [0.25, 0.3) is 0 Å². The number of carbonyl (C=O) groups excluding carboxylic acids is 1. The first-order valence-electron chi connectivity index (χ1n) is 5.83. The van der Waals surface area contributed by atoms with Gasteiger partial charge in [0.15, 0.2) is 0 Å². The molecule has 0 radical (unpaired) electrons. The Bertz CT molecular complexity index is 205. The van der Waals surface area contributed by atoms with Gasteiger partial charge in [-0.1, -0.05) is 39.0 Å². The predicted molar refractivity (Wildman–Crippen MR) is 63.6 cm³/mol. The molecule has 0 rings (SSSR count). The topological polar surface area (TPSA) is 91.7 Å². The summed E-state index contributed by atoms with van der Waals surface area (Å²) in [6.45, 7) is 2.19. The standard InChI is InChI=1S/C8H15O.C4H6O4.Na/c1-2-3-4-5-6-7-8-9;5-3(6)1-2-4(7)8;/h2-7H2,1H3;1-2H2,(H,5,6)(H,7,8);/q-1;;+1. The van der Waals surface area contributed by atoms with Crippen LogP contribution >= 0.6 is 0 Å². The van der Waals surface area contributed by atoms with Crippen molar-refractivity contribution in [1.29, 1.82) is 0 Å². The Labute approximate surface area is 130 Å². The summed E-state index contributed by atoms with van der Waals surface area (Å²) in [5, 5.41) is 15.8. The minimum Gasteiger partial charge on any atom is -0.542 e. The fourth-order valence-electron chi connectivity index (χ4n) is 1.01. The van der Waals surface area contributed by atoms with Crippen LogP contribution in [0.15, 0.2) is 0 Å². The predicted octanol–water partition coefficient (Wildman–Crippen LogP) is -0.604. The van der Waals surface area contributed by atoms with Crippen molar-refractivity contribution in [2.75, 3.05) is 0 Å². The van der Waals surface area contributed by atoms with Crippen LogP contribution < -0.4 is 29.6 Å². The third-order valence-corrected chi connectivity index (χ3v) is 1.94. The van der Waals surface area contributed by atoms with Gasteiger partial charge < -0.3 is 15.0 Å². The molecule has 0 aromatic heterocycles. The molecule has 2 N–H and O–H groups in total. The summed E-state index contributed by atoms with van der Waals surface area (Å²) in [6.07, 6.45) is 8.01. The summed E-state index contributed by atoms with van der Waals surface area (Å²) in [7, 11) is 0. The van der Waals surface area contributed by atoms with Crippen LogP contribution in [0.4, 0.5) is 0 Å². The summed E-state index contributed by atoms with van der Waals surface area (Å²) >= 11 is 0. The number of hydrogen-bond donors (Lipinski definition) is 2. The maximum Gasteiger partial charge on any atom is 1.00 e. The first-order chi connectivity index (χ1) is 8.04. The smallest absolute Gasteiger partial charge is 0.542 e. The molecule has 0 bridgehead atoms. The molecule has 18 heavy (non-hydrogen) atoms. The molecule has 0 heterocycles. The van der Waals surface area contributed by atoms with E-state index in [-0.39, 0.29) is 42.4 Å². The minimum absolute atomic E-state index is 0. The normalized spacial score (nSPS) is 8.50. The number of hydrogen-bond acceptors (Lipinski definition) is 3. The molecule has 0 fully saturated rings. The molecule has 0 spiro atoms. The monoisotopic (exact) mass is 268 g/mol. The third-order valence-electron chi connectivity index (χ3n) is 1.94. The molecule has 0 amide bonds. The van der Waals surface area contributed by atoms with Crippen LogP contribution in [0.3, 0.4) is 0 Å². The summed E-state index contributed by atoms with van der Waals surface area (Å²) in [5.74, 6) is -2.15. The molecular weight excluding hydrogens is 247 g/mol. The van der Waals surface area contributed by atoms with Crippen molar-refractivity contribution in [2.24, 2.45) is 0 Å². The third kappa shape index (κ3) is 29.6. The Balaban J connectivity index is -0.000000238. The largest absolute Gasteiger partial charge is 1.00 e. The number of rotatable bonds is 9. The number of aliphatic carboxylic acids is 2. The van der Waals surface area contributed by atoms with Crippen LogP contribution in [0, 0.1) is 0 Å². The molecular formula is C12H21NaO5. The van der Waals surface area contributed by atoms with E-state index in [4.69, 9.17) is 10.2 Å².